The Morgan fingerprint density at radius 3 is 2.95 bits per heavy atom. The predicted molar refractivity (Wildman–Crippen MR) is 73.0 cm³/mol. The summed E-state index contributed by atoms with van der Waals surface area (Å²) in [5.41, 5.74) is 6.88. The molecule has 0 aliphatic heterocycles. The number of aromatic nitrogens is 2. The third-order valence-electron chi connectivity index (χ3n) is 2.29. The van der Waals surface area contributed by atoms with E-state index in [1.165, 1.54) is 11.8 Å². The van der Waals surface area contributed by atoms with Crippen LogP contribution in [-0.4, -0.2) is 22.5 Å². The van der Waals surface area contributed by atoms with E-state index in [1.54, 1.807) is 43.7 Å². The number of rotatable bonds is 4. The van der Waals surface area contributed by atoms with Crippen molar-refractivity contribution in [2.75, 3.05) is 12.3 Å². The van der Waals surface area contributed by atoms with Crippen LogP contribution < -0.4 is 5.73 Å². The van der Waals surface area contributed by atoms with Crippen LogP contribution in [0.15, 0.2) is 46.7 Å². The molecule has 0 fully saturated rings. The number of carbonyl (C=O) groups excluding carboxylic acids is 1. The summed E-state index contributed by atoms with van der Waals surface area (Å²) in [6.45, 7) is 2.09. The Morgan fingerprint density at radius 1 is 1.42 bits per heavy atom. The zero-order valence-electron chi connectivity index (χ0n) is 10.4. The topological polar surface area (TPSA) is 78.1 Å². The average Bonchev–Trinajstić information content (AvgIpc) is 2.42. The number of hydrogen-bond acceptors (Lipinski definition) is 6. The maximum Gasteiger partial charge on any atom is 0.339 e. The van der Waals surface area contributed by atoms with E-state index < -0.39 is 0 Å². The Bertz CT molecular complexity index is 575. The minimum atomic E-state index is -0.388. The monoisotopic (exact) mass is 275 g/mol. The van der Waals surface area contributed by atoms with Gasteiger partial charge < -0.3 is 10.5 Å². The Morgan fingerprint density at radius 2 is 2.26 bits per heavy atom. The largest absolute Gasteiger partial charge is 0.462 e. The van der Waals surface area contributed by atoms with Crippen LogP contribution in [-0.2, 0) is 4.74 Å². The number of nitrogens with zero attached hydrogens (tertiary/aromatic N) is 2. The number of carbonyl (C=O) groups is 1. The molecule has 0 aliphatic rings. The molecule has 0 atom stereocenters. The van der Waals surface area contributed by atoms with Crippen LogP contribution in [0.2, 0.25) is 0 Å². The number of nitrogen functional groups attached to an aromatic ring is 1. The summed E-state index contributed by atoms with van der Waals surface area (Å²) in [5, 5.41) is 0.672. The molecular formula is C13H13N3O2S. The van der Waals surface area contributed by atoms with E-state index in [1.807, 2.05) is 0 Å². The highest BCUT2D eigenvalue weighted by Crippen LogP contribution is 2.33. The first kappa shape index (κ1) is 13.4. The molecule has 1 aromatic carbocycles. The van der Waals surface area contributed by atoms with Gasteiger partial charge in [0.2, 0.25) is 0 Å². The number of ether oxygens (including phenoxy) is 1. The lowest BCUT2D eigenvalue weighted by Crippen LogP contribution is -2.07. The standard InChI is InChI=1S/C13H13N3O2S/c1-2-18-13(17)9-4-3-5-10(14)12(9)19-11-8-15-6-7-16-11/h3-8H,2,14H2,1H3. The molecule has 19 heavy (non-hydrogen) atoms. The lowest BCUT2D eigenvalue weighted by Gasteiger charge is -2.10. The highest BCUT2D eigenvalue weighted by Gasteiger charge is 2.16. The summed E-state index contributed by atoms with van der Waals surface area (Å²) in [4.78, 5) is 20.7. The number of nitrogens with two attached hydrogens (primary N) is 1. The molecule has 0 radical (unpaired) electrons. The van der Waals surface area contributed by atoms with Gasteiger partial charge in [0.15, 0.2) is 0 Å². The minimum absolute atomic E-state index is 0.322. The van der Waals surface area contributed by atoms with Crippen LogP contribution in [0.25, 0.3) is 0 Å². The van der Waals surface area contributed by atoms with Crippen molar-refractivity contribution in [2.45, 2.75) is 16.8 Å². The van der Waals surface area contributed by atoms with Gasteiger partial charge in [-0.3, -0.25) is 4.98 Å². The summed E-state index contributed by atoms with van der Waals surface area (Å²) in [5.74, 6) is -0.388. The molecule has 2 aromatic rings. The van der Waals surface area contributed by atoms with Gasteiger partial charge in [0.1, 0.15) is 5.03 Å². The van der Waals surface area contributed by atoms with Gasteiger partial charge in [-0.1, -0.05) is 17.8 Å². The van der Waals surface area contributed by atoms with Gasteiger partial charge in [-0.25, -0.2) is 9.78 Å². The van der Waals surface area contributed by atoms with E-state index in [2.05, 4.69) is 9.97 Å². The quantitative estimate of drug-likeness (QED) is 0.682. The summed E-state index contributed by atoms with van der Waals surface area (Å²) < 4.78 is 5.02. The number of benzene rings is 1. The Hall–Kier alpha value is -2.08. The van der Waals surface area contributed by atoms with Crippen molar-refractivity contribution in [3.63, 3.8) is 0 Å². The highest BCUT2D eigenvalue weighted by molar-refractivity contribution is 7.99. The highest BCUT2D eigenvalue weighted by atomic mass is 32.2. The number of anilines is 1. The first-order valence-corrected chi connectivity index (χ1v) is 6.53. The molecule has 2 N–H and O–H groups in total. The SMILES string of the molecule is CCOC(=O)c1cccc(N)c1Sc1cnccn1. The molecule has 0 bridgehead atoms. The van der Waals surface area contributed by atoms with E-state index in [0.717, 1.165) is 0 Å². The van der Waals surface area contributed by atoms with Gasteiger partial charge in [0.25, 0.3) is 0 Å². The van der Waals surface area contributed by atoms with Gasteiger partial charge in [0, 0.05) is 18.1 Å². The second kappa shape index (κ2) is 6.19. The summed E-state index contributed by atoms with van der Waals surface area (Å²) in [7, 11) is 0. The van der Waals surface area contributed by atoms with Gasteiger partial charge in [-0.15, -0.1) is 0 Å². The maximum absolute atomic E-state index is 11.9. The predicted octanol–water partition coefficient (Wildman–Crippen LogP) is 2.39. The van der Waals surface area contributed by atoms with Crippen LogP contribution in [0.4, 0.5) is 5.69 Å². The average molecular weight is 275 g/mol. The van der Waals surface area contributed by atoms with Crippen LogP contribution in [0.1, 0.15) is 17.3 Å². The fourth-order valence-corrected chi connectivity index (χ4v) is 2.36. The van der Waals surface area contributed by atoms with Crippen LogP contribution >= 0.6 is 11.8 Å². The first-order valence-electron chi connectivity index (χ1n) is 5.72. The van der Waals surface area contributed by atoms with E-state index in [4.69, 9.17) is 10.5 Å². The van der Waals surface area contributed by atoms with E-state index in [-0.39, 0.29) is 5.97 Å². The third kappa shape index (κ3) is 3.23. The maximum atomic E-state index is 11.9. The van der Waals surface area contributed by atoms with Gasteiger partial charge >= 0.3 is 5.97 Å². The fourth-order valence-electron chi connectivity index (χ4n) is 1.48. The molecule has 0 amide bonds. The zero-order chi connectivity index (χ0) is 13.7. The third-order valence-corrected chi connectivity index (χ3v) is 3.37. The summed E-state index contributed by atoms with van der Waals surface area (Å²) >= 11 is 1.30. The van der Waals surface area contributed by atoms with E-state index in [9.17, 15) is 4.79 Å². The number of esters is 1. The molecule has 0 saturated carbocycles. The lowest BCUT2D eigenvalue weighted by atomic mass is 10.2. The molecule has 1 heterocycles. The Labute approximate surface area is 115 Å². The molecule has 0 saturated heterocycles. The zero-order valence-corrected chi connectivity index (χ0v) is 11.2. The molecule has 98 valence electrons. The van der Waals surface area contributed by atoms with Crippen LogP contribution in [0.3, 0.4) is 0 Å². The van der Waals surface area contributed by atoms with Crippen molar-refractivity contribution in [3.8, 4) is 0 Å². The second-order valence-electron chi connectivity index (χ2n) is 3.59. The van der Waals surface area contributed by atoms with Crippen molar-refractivity contribution >= 4 is 23.4 Å². The minimum Gasteiger partial charge on any atom is -0.462 e. The molecule has 0 aliphatic carbocycles. The Kier molecular flexibility index (Phi) is 4.35. The Balaban J connectivity index is 2.36. The van der Waals surface area contributed by atoms with Crippen molar-refractivity contribution in [1.82, 2.24) is 9.97 Å². The van der Waals surface area contributed by atoms with E-state index in [0.29, 0.717) is 27.8 Å². The summed E-state index contributed by atoms with van der Waals surface area (Å²) in [6, 6.07) is 5.15. The van der Waals surface area contributed by atoms with Crippen LogP contribution in [0, 0.1) is 0 Å². The molecular weight excluding hydrogens is 262 g/mol. The van der Waals surface area contributed by atoms with Crippen molar-refractivity contribution in [1.29, 1.82) is 0 Å². The first-order chi connectivity index (χ1) is 9.22. The van der Waals surface area contributed by atoms with Crippen LogP contribution in [0.5, 0.6) is 0 Å². The van der Waals surface area contributed by atoms with Crippen molar-refractivity contribution in [2.24, 2.45) is 0 Å². The van der Waals surface area contributed by atoms with E-state index >= 15 is 0 Å². The fraction of sp³-hybridized carbons (Fsp3) is 0.154. The van der Waals surface area contributed by atoms with Gasteiger partial charge in [0.05, 0.1) is 23.3 Å². The second-order valence-corrected chi connectivity index (χ2v) is 4.62. The molecule has 1 aromatic heterocycles. The lowest BCUT2D eigenvalue weighted by molar-refractivity contribution is 0.0522. The van der Waals surface area contributed by atoms with Crippen molar-refractivity contribution in [3.05, 3.63) is 42.4 Å². The summed E-state index contributed by atoms with van der Waals surface area (Å²) in [6.07, 6.45) is 4.79. The molecule has 2 rings (SSSR count). The van der Waals surface area contributed by atoms with Gasteiger partial charge in [-0.2, -0.15) is 0 Å². The molecule has 0 unspecified atom stereocenters. The number of hydrogen-bond donors (Lipinski definition) is 1. The molecule has 5 nitrogen and oxygen atoms in total. The van der Waals surface area contributed by atoms with Gasteiger partial charge in [-0.05, 0) is 19.1 Å². The smallest absolute Gasteiger partial charge is 0.339 e. The molecule has 0 spiro atoms. The van der Waals surface area contributed by atoms with Crippen molar-refractivity contribution < 1.29 is 9.53 Å². The molecule has 6 heteroatoms. The normalized spacial score (nSPS) is 10.2.